The summed E-state index contributed by atoms with van der Waals surface area (Å²) in [6, 6.07) is 10.9. The maximum Gasteiger partial charge on any atom is 0.294 e. The van der Waals surface area contributed by atoms with Gasteiger partial charge in [0.1, 0.15) is 10.8 Å². The highest BCUT2D eigenvalue weighted by Gasteiger charge is 2.21. The molecule has 25 heavy (non-hydrogen) atoms. The van der Waals surface area contributed by atoms with E-state index in [2.05, 4.69) is 10.3 Å². The minimum atomic E-state index is -4.26. The van der Waals surface area contributed by atoms with Crippen LogP contribution in [0.2, 0.25) is 0 Å². The predicted molar refractivity (Wildman–Crippen MR) is 85.8 cm³/mol. The molecule has 2 aromatic carbocycles. The first-order chi connectivity index (χ1) is 12.0. The summed E-state index contributed by atoms with van der Waals surface area (Å²) in [5.74, 6) is 1.04. The Labute approximate surface area is 143 Å². The second-order valence-corrected chi connectivity index (χ2v) is 6.36. The average Bonchev–Trinajstić information content (AvgIpc) is 3.09. The van der Waals surface area contributed by atoms with E-state index >= 15 is 0 Å². The summed E-state index contributed by atoms with van der Waals surface area (Å²) in [5, 5.41) is 7.90. The number of rotatable bonds is 5. The van der Waals surface area contributed by atoms with Crippen LogP contribution < -0.4 is 14.2 Å². The van der Waals surface area contributed by atoms with E-state index in [0.717, 1.165) is 0 Å². The van der Waals surface area contributed by atoms with E-state index < -0.39 is 10.1 Å². The van der Waals surface area contributed by atoms with Crippen molar-refractivity contribution in [3.63, 3.8) is 0 Å². The van der Waals surface area contributed by atoms with Gasteiger partial charge in [0, 0.05) is 0 Å². The lowest BCUT2D eigenvalue weighted by atomic mass is 10.2. The molecular formula is C15H15N4O5S+. The van der Waals surface area contributed by atoms with Crippen molar-refractivity contribution in [1.29, 1.82) is 0 Å². The number of tetrazole rings is 1. The number of aromatic nitrogens is 4. The van der Waals surface area contributed by atoms with Crippen LogP contribution in [0.3, 0.4) is 0 Å². The van der Waals surface area contributed by atoms with Crippen molar-refractivity contribution < 1.29 is 27.1 Å². The zero-order valence-corrected chi connectivity index (χ0v) is 14.2. The molecule has 0 saturated carbocycles. The molecule has 0 radical (unpaired) electrons. The van der Waals surface area contributed by atoms with E-state index in [1.165, 1.54) is 49.6 Å². The Morgan fingerprint density at radius 1 is 1.08 bits per heavy atom. The first-order valence-corrected chi connectivity index (χ1v) is 8.51. The molecule has 0 saturated heterocycles. The average molecular weight is 363 g/mol. The van der Waals surface area contributed by atoms with Crippen molar-refractivity contribution in [1.82, 2.24) is 15.1 Å². The molecule has 0 bridgehead atoms. The Hall–Kier alpha value is -2.98. The smallest absolute Gasteiger partial charge is 0.294 e. The van der Waals surface area contributed by atoms with Crippen molar-refractivity contribution in [3.8, 4) is 22.9 Å². The molecule has 1 N–H and O–H groups in total. The molecule has 10 heteroatoms. The van der Waals surface area contributed by atoms with Crippen molar-refractivity contribution in [3.05, 3.63) is 48.8 Å². The van der Waals surface area contributed by atoms with Crippen LogP contribution in [0.15, 0.2) is 53.7 Å². The van der Waals surface area contributed by atoms with Crippen molar-refractivity contribution in [2.75, 3.05) is 14.2 Å². The fourth-order valence-electron chi connectivity index (χ4n) is 2.36. The molecule has 0 aliphatic carbocycles. The molecule has 0 fully saturated rings. The molecule has 0 amide bonds. The maximum absolute atomic E-state index is 11.2. The van der Waals surface area contributed by atoms with E-state index in [1.807, 2.05) is 0 Å². The molecular weight excluding hydrogens is 348 g/mol. The molecule has 0 unspecified atom stereocenters. The first kappa shape index (κ1) is 16.9. The summed E-state index contributed by atoms with van der Waals surface area (Å²) in [5.41, 5.74) is 1.17. The van der Waals surface area contributed by atoms with Gasteiger partial charge in [0.15, 0.2) is 16.7 Å². The Bertz CT molecular complexity index is 999. The lowest BCUT2D eigenvalue weighted by Gasteiger charge is -2.11. The monoisotopic (exact) mass is 363 g/mol. The molecule has 0 atom stereocenters. The molecule has 3 rings (SSSR count). The highest BCUT2D eigenvalue weighted by molar-refractivity contribution is 7.85. The van der Waals surface area contributed by atoms with Crippen molar-refractivity contribution in [2.24, 2.45) is 0 Å². The summed E-state index contributed by atoms with van der Waals surface area (Å²) in [6.07, 6.45) is 1.48. The maximum atomic E-state index is 11.2. The van der Waals surface area contributed by atoms with E-state index in [9.17, 15) is 8.42 Å². The summed E-state index contributed by atoms with van der Waals surface area (Å²) >= 11 is 0. The number of nitrogens with zero attached hydrogens (tertiary/aromatic N) is 4. The van der Waals surface area contributed by atoms with Crippen LogP contribution in [0, 0.1) is 0 Å². The van der Waals surface area contributed by atoms with Gasteiger partial charge >= 0.3 is 0 Å². The molecule has 0 aliphatic rings. The van der Waals surface area contributed by atoms with E-state index in [4.69, 9.17) is 14.0 Å². The molecule has 0 aliphatic heterocycles. The number of ether oxygens (including phenoxy) is 2. The Kier molecular flexibility index (Phi) is 4.38. The highest BCUT2D eigenvalue weighted by Crippen LogP contribution is 2.30. The minimum absolute atomic E-state index is 0.207. The third kappa shape index (κ3) is 3.16. The van der Waals surface area contributed by atoms with Gasteiger partial charge in [-0.2, -0.15) is 8.42 Å². The Morgan fingerprint density at radius 2 is 1.80 bits per heavy atom. The van der Waals surface area contributed by atoms with Crippen LogP contribution in [0.1, 0.15) is 0 Å². The van der Waals surface area contributed by atoms with Crippen molar-refractivity contribution >= 4 is 10.1 Å². The second-order valence-electron chi connectivity index (χ2n) is 4.94. The van der Waals surface area contributed by atoms with Crippen LogP contribution in [-0.2, 0) is 10.1 Å². The zero-order chi connectivity index (χ0) is 18.0. The molecule has 1 aromatic heterocycles. The number of hydrogen-bond acceptors (Lipinski definition) is 6. The molecule has 3 aromatic rings. The molecule has 130 valence electrons. The fraction of sp³-hybridized carbons (Fsp3) is 0.133. The van der Waals surface area contributed by atoms with Gasteiger partial charge in [-0.3, -0.25) is 4.55 Å². The predicted octanol–water partition coefficient (Wildman–Crippen LogP) is 0.808. The zero-order valence-electron chi connectivity index (χ0n) is 13.4. The van der Waals surface area contributed by atoms with Gasteiger partial charge in [0.05, 0.1) is 19.1 Å². The van der Waals surface area contributed by atoms with Crippen LogP contribution in [-0.4, -0.2) is 42.3 Å². The third-order valence-corrected chi connectivity index (χ3v) is 4.36. The number of para-hydroxylation sites is 1. The summed E-state index contributed by atoms with van der Waals surface area (Å²) in [7, 11) is -1.20. The Morgan fingerprint density at radius 3 is 2.40 bits per heavy atom. The minimum Gasteiger partial charge on any atom is -0.493 e. The fourth-order valence-corrected chi connectivity index (χ4v) is 2.84. The molecule has 9 nitrogen and oxygen atoms in total. The SMILES string of the molecule is COc1cccc(-[n+]2cnnn2-c2ccc(S(=O)(=O)O)cc2)c1OC. The standard InChI is InChI=1S/C15H14N4O5S/c1-23-14-5-3-4-13(15(14)24-2)18-10-16-17-19(18)11-6-8-12(9-7-11)25(20,21)22/h3-10H,1-2H3/p+1. The lowest BCUT2D eigenvalue weighted by Crippen LogP contribution is -2.40. The normalized spacial score (nSPS) is 11.3. The number of benzene rings is 2. The van der Waals surface area contributed by atoms with Gasteiger partial charge in [-0.1, -0.05) is 6.07 Å². The van der Waals surface area contributed by atoms with Gasteiger partial charge in [-0.25, -0.2) is 0 Å². The Balaban J connectivity index is 2.11. The third-order valence-electron chi connectivity index (χ3n) is 3.50. The molecule has 1 heterocycles. The molecule has 0 spiro atoms. The number of hydrogen-bond donors (Lipinski definition) is 1. The van der Waals surface area contributed by atoms with Crippen LogP contribution >= 0.6 is 0 Å². The van der Waals surface area contributed by atoms with Gasteiger partial charge in [-0.05, 0) is 41.2 Å². The summed E-state index contributed by atoms with van der Waals surface area (Å²) < 4.78 is 43.7. The first-order valence-electron chi connectivity index (χ1n) is 7.07. The summed E-state index contributed by atoms with van der Waals surface area (Å²) in [4.78, 5) is 1.24. The van der Waals surface area contributed by atoms with Crippen LogP contribution in [0.5, 0.6) is 11.5 Å². The van der Waals surface area contributed by atoms with Crippen LogP contribution in [0.4, 0.5) is 0 Å². The summed E-state index contributed by atoms with van der Waals surface area (Å²) in [6.45, 7) is 0. The van der Waals surface area contributed by atoms with Crippen molar-refractivity contribution in [2.45, 2.75) is 4.90 Å². The lowest BCUT2D eigenvalue weighted by molar-refractivity contribution is -0.680. The van der Waals surface area contributed by atoms with E-state index in [-0.39, 0.29) is 4.90 Å². The van der Waals surface area contributed by atoms with Crippen LogP contribution in [0.25, 0.3) is 11.4 Å². The van der Waals surface area contributed by atoms with Gasteiger partial charge in [0.25, 0.3) is 16.4 Å². The second kappa shape index (κ2) is 6.49. The highest BCUT2D eigenvalue weighted by atomic mass is 32.2. The largest absolute Gasteiger partial charge is 0.493 e. The van der Waals surface area contributed by atoms with E-state index in [1.54, 1.807) is 22.9 Å². The van der Waals surface area contributed by atoms with Gasteiger partial charge in [0.2, 0.25) is 5.75 Å². The van der Waals surface area contributed by atoms with E-state index in [0.29, 0.717) is 22.9 Å². The number of methoxy groups -OCH3 is 2. The van der Waals surface area contributed by atoms with Gasteiger partial charge < -0.3 is 9.47 Å². The van der Waals surface area contributed by atoms with Gasteiger partial charge in [-0.15, -0.1) is 4.68 Å². The topological polar surface area (TPSA) is 107 Å². The quantitative estimate of drug-likeness (QED) is 0.528.